The SMILES string of the molecule is OC12CC3C4CC5(O)CC3C(C1)C(C5)C4C2.OC12CC3C4CC5CC3C(C1)C(O)(C5)C4C2. The third kappa shape index (κ3) is 2.06. The first-order valence-electron chi connectivity index (χ1n) is 14.1. The molecule has 32 heavy (non-hydrogen) atoms. The molecule has 0 radical (unpaired) electrons. The molecule has 4 heteroatoms. The lowest BCUT2D eigenvalue weighted by Gasteiger charge is -2.74. The van der Waals surface area contributed by atoms with Gasteiger partial charge in [-0.3, -0.25) is 0 Å². The molecule has 0 saturated heterocycles. The monoisotopic (exact) mass is 440 g/mol. The van der Waals surface area contributed by atoms with E-state index in [1.54, 1.807) is 0 Å². The van der Waals surface area contributed by atoms with E-state index in [1.165, 1.54) is 12.8 Å². The molecule has 0 amide bonds. The molecule has 14 aliphatic carbocycles. The topological polar surface area (TPSA) is 80.9 Å². The Kier molecular flexibility index (Phi) is 3.17. The number of hydrogen-bond acceptors (Lipinski definition) is 4. The largest absolute Gasteiger partial charge is 0.390 e. The number of hydrogen-bond donors (Lipinski definition) is 4. The van der Waals surface area contributed by atoms with Crippen LogP contribution in [0.2, 0.25) is 0 Å². The minimum absolute atomic E-state index is 0.295. The fourth-order valence-electron chi connectivity index (χ4n) is 13.7. The van der Waals surface area contributed by atoms with Crippen LogP contribution >= 0.6 is 0 Å². The second kappa shape index (κ2) is 5.32. The van der Waals surface area contributed by atoms with Crippen molar-refractivity contribution >= 4 is 0 Å². The van der Waals surface area contributed by atoms with Crippen molar-refractivity contribution in [1.82, 2.24) is 0 Å². The zero-order valence-electron chi connectivity index (χ0n) is 19.2. The maximum Gasteiger partial charge on any atom is 0.0714 e. The molecule has 0 spiro atoms. The predicted octanol–water partition coefficient (Wildman–Crippen LogP) is 3.11. The molecule has 14 saturated carbocycles. The highest BCUT2D eigenvalue weighted by atomic mass is 16.3. The van der Waals surface area contributed by atoms with Crippen molar-refractivity contribution in [3.05, 3.63) is 0 Å². The molecular weight excluding hydrogens is 400 g/mol. The number of rotatable bonds is 0. The first-order valence-corrected chi connectivity index (χ1v) is 14.1. The molecule has 14 fully saturated rings. The van der Waals surface area contributed by atoms with Crippen LogP contribution in [0.4, 0.5) is 0 Å². The van der Waals surface area contributed by atoms with Crippen molar-refractivity contribution in [1.29, 1.82) is 0 Å². The summed E-state index contributed by atoms with van der Waals surface area (Å²) >= 11 is 0. The second-order valence-electron chi connectivity index (χ2n) is 15.2. The Morgan fingerprint density at radius 3 is 1.06 bits per heavy atom. The van der Waals surface area contributed by atoms with Crippen LogP contribution in [0.25, 0.3) is 0 Å². The smallest absolute Gasteiger partial charge is 0.0714 e. The lowest BCUT2D eigenvalue weighted by molar-refractivity contribution is -0.319. The maximum atomic E-state index is 11.0. The minimum Gasteiger partial charge on any atom is -0.390 e. The van der Waals surface area contributed by atoms with Gasteiger partial charge < -0.3 is 20.4 Å². The maximum absolute atomic E-state index is 11.0. The molecule has 4 atom stereocenters. The van der Waals surface area contributed by atoms with Crippen LogP contribution in [-0.4, -0.2) is 42.8 Å². The van der Waals surface area contributed by atoms with E-state index in [9.17, 15) is 20.4 Å². The normalized spacial score (nSPS) is 73.9. The molecule has 0 heterocycles. The third-order valence-corrected chi connectivity index (χ3v) is 14.1. The summed E-state index contributed by atoms with van der Waals surface area (Å²) in [6, 6.07) is 0. The molecule has 4 N–H and O–H groups in total. The third-order valence-electron chi connectivity index (χ3n) is 14.1. The van der Waals surface area contributed by atoms with Crippen LogP contribution in [0.15, 0.2) is 0 Å². The molecule has 0 aromatic heterocycles. The van der Waals surface area contributed by atoms with Crippen molar-refractivity contribution < 1.29 is 20.4 Å². The average molecular weight is 441 g/mol. The van der Waals surface area contributed by atoms with Crippen molar-refractivity contribution in [3.8, 4) is 0 Å². The van der Waals surface area contributed by atoms with Crippen molar-refractivity contribution in [2.75, 3.05) is 0 Å². The molecule has 176 valence electrons. The molecule has 4 nitrogen and oxygen atoms in total. The summed E-state index contributed by atoms with van der Waals surface area (Å²) in [4.78, 5) is 0. The summed E-state index contributed by atoms with van der Waals surface area (Å²) < 4.78 is 0. The van der Waals surface area contributed by atoms with E-state index in [2.05, 4.69) is 0 Å². The summed E-state index contributed by atoms with van der Waals surface area (Å²) in [5, 5.41) is 42.8. The van der Waals surface area contributed by atoms with Gasteiger partial charge in [0.1, 0.15) is 0 Å². The fourth-order valence-corrected chi connectivity index (χ4v) is 13.7. The lowest BCUT2D eigenvalue weighted by atomic mass is 9.33. The van der Waals surface area contributed by atoms with Crippen molar-refractivity contribution in [3.63, 3.8) is 0 Å². The van der Waals surface area contributed by atoms with Crippen LogP contribution in [0.5, 0.6) is 0 Å². The Morgan fingerprint density at radius 2 is 0.688 bits per heavy atom. The second-order valence-corrected chi connectivity index (χ2v) is 15.2. The van der Waals surface area contributed by atoms with Gasteiger partial charge in [0.05, 0.1) is 22.4 Å². The van der Waals surface area contributed by atoms with Crippen LogP contribution in [0, 0.1) is 71.0 Å². The summed E-state index contributed by atoms with van der Waals surface area (Å²) in [5.41, 5.74) is -1.34. The summed E-state index contributed by atoms with van der Waals surface area (Å²) in [5.74, 6) is 8.58. The van der Waals surface area contributed by atoms with Gasteiger partial charge in [-0.25, -0.2) is 0 Å². The minimum atomic E-state index is -0.386. The van der Waals surface area contributed by atoms with Gasteiger partial charge in [0.2, 0.25) is 0 Å². The highest BCUT2D eigenvalue weighted by Gasteiger charge is 2.73. The Hall–Kier alpha value is -0.160. The highest BCUT2D eigenvalue weighted by molar-refractivity contribution is 5.23. The molecule has 0 aliphatic heterocycles. The molecule has 0 aromatic rings. The molecule has 14 rings (SSSR count). The molecule has 14 aliphatic rings. The summed E-state index contributed by atoms with van der Waals surface area (Å²) in [7, 11) is 0. The Morgan fingerprint density at radius 1 is 0.375 bits per heavy atom. The quantitative estimate of drug-likeness (QED) is 0.467. The van der Waals surface area contributed by atoms with Gasteiger partial charge in [-0.05, 0) is 148 Å². The van der Waals surface area contributed by atoms with Gasteiger partial charge in [0.15, 0.2) is 0 Å². The van der Waals surface area contributed by atoms with Crippen LogP contribution < -0.4 is 0 Å². The Labute approximate surface area is 191 Å². The predicted molar refractivity (Wildman–Crippen MR) is 117 cm³/mol. The molecule has 16 bridgehead atoms. The molecule has 0 aromatic carbocycles. The van der Waals surface area contributed by atoms with E-state index in [1.807, 2.05) is 0 Å². The standard InChI is InChI=1S/2C14H20O2/c15-13-1-7-8-4-14(16)5-9(7)11(3-13)12(6-14)10(8)2-13;15-13-4-10-8-1-7-2-9(10)12(6-13)14(16,3-7)11(8)5-13/h2*7-12,15-16H,1-6H2. The lowest BCUT2D eigenvalue weighted by Crippen LogP contribution is -2.74. The van der Waals surface area contributed by atoms with E-state index < -0.39 is 0 Å². The van der Waals surface area contributed by atoms with Crippen molar-refractivity contribution in [2.24, 2.45) is 71.0 Å². The Bertz CT molecular complexity index is 760. The van der Waals surface area contributed by atoms with Crippen LogP contribution in [0.3, 0.4) is 0 Å². The fraction of sp³-hybridized carbons (Fsp3) is 1.00. The van der Waals surface area contributed by atoms with Gasteiger partial charge in [-0.15, -0.1) is 0 Å². The van der Waals surface area contributed by atoms with Crippen molar-refractivity contribution in [2.45, 2.75) is 99.5 Å². The zero-order valence-corrected chi connectivity index (χ0v) is 19.2. The molecule has 4 unspecified atom stereocenters. The van der Waals surface area contributed by atoms with Gasteiger partial charge >= 0.3 is 0 Å². The summed E-state index contributed by atoms with van der Waals surface area (Å²) in [6.07, 6.45) is 13.0. The Balaban J connectivity index is 0.0000001000. The summed E-state index contributed by atoms with van der Waals surface area (Å²) in [6.45, 7) is 0. The van der Waals surface area contributed by atoms with Crippen LogP contribution in [0.1, 0.15) is 77.0 Å². The zero-order chi connectivity index (χ0) is 21.4. The first-order chi connectivity index (χ1) is 15.2. The van der Waals surface area contributed by atoms with Gasteiger partial charge in [0.25, 0.3) is 0 Å². The average Bonchev–Trinajstić information content (AvgIpc) is 2.73. The van der Waals surface area contributed by atoms with E-state index in [-0.39, 0.29) is 22.4 Å². The van der Waals surface area contributed by atoms with E-state index in [0.29, 0.717) is 11.8 Å². The highest BCUT2D eigenvalue weighted by Crippen LogP contribution is 2.74. The first kappa shape index (κ1) is 19.1. The number of aliphatic hydroxyl groups is 4. The van der Waals surface area contributed by atoms with E-state index >= 15 is 0 Å². The molecular formula is C28H40O4. The van der Waals surface area contributed by atoms with Gasteiger partial charge in [-0.1, -0.05) is 0 Å². The van der Waals surface area contributed by atoms with E-state index in [4.69, 9.17) is 0 Å². The van der Waals surface area contributed by atoms with Gasteiger partial charge in [-0.2, -0.15) is 0 Å². The van der Waals surface area contributed by atoms with E-state index in [0.717, 1.165) is 123 Å². The van der Waals surface area contributed by atoms with Gasteiger partial charge in [0, 0.05) is 0 Å². The van der Waals surface area contributed by atoms with Crippen LogP contribution in [-0.2, 0) is 0 Å².